The molecule has 1 aromatic carbocycles. The van der Waals surface area contributed by atoms with Gasteiger partial charge in [0, 0.05) is 28.9 Å². The van der Waals surface area contributed by atoms with Crippen LogP contribution in [0.1, 0.15) is 58.9 Å². The lowest BCUT2D eigenvalue weighted by molar-refractivity contribution is 0.0950. The number of hydrogen-bond donors (Lipinski definition) is 5. The maximum Gasteiger partial charge on any atom is 0.251 e. The first-order valence-electron chi connectivity index (χ1n) is 10.8. The third-order valence-corrected chi connectivity index (χ3v) is 4.59. The van der Waals surface area contributed by atoms with Crippen LogP contribution in [-0.2, 0) is 0 Å². The molecule has 0 atom stereocenters. The van der Waals surface area contributed by atoms with Crippen molar-refractivity contribution in [3.63, 3.8) is 0 Å². The number of ketones is 1. The maximum absolute atomic E-state index is 14.3. The van der Waals surface area contributed by atoms with E-state index >= 15 is 0 Å². The number of hydrogen-bond acceptors (Lipinski definition) is 7. The number of rotatable bonds is 7. The van der Waals surface area contributed by atoms with E-state index in [1.165, 1.54) is 33.4 Å². The zero-order valence-corrected chi connectivity index (χ0v) is 20.2. The minimum Gasteiger partial charge on any atom is -0.349 e. The van der Waals surface area contributed by atoms with Crippen molar-refractivity contribution >= 4 is 17.4 Å². The summed E-state index contributed by atoms with van der Waals surface area (Å²) < 4.78 is 14.3. The van der Waals surface area contributed by atoms with Gasteiger partial charge in [0.2, 0.25) is 5.78 Å². The predicted octanol–water partition coefficient (Wildman–Crippen LogP) is 2.82. The van der Waals surface area contributed by atoms with Crippen LogP contribution < -0.4 is 22.5 Å². The second kappa shape index (κ2) is 15.7. The summed E-state index contributed by atoms with van der Waals surface area (Å²) in [7, 11) is 4.50. The molecule has 1 saturated carbocycles. The molecule has 0 unspecified atom stereocenters. The molecule has 0 spiro atoms. The lowest BCUT2D eigenvalue weighted by atomic mass is 9.99. The molecule has 2 aromatic rings. The molecule has 33 heavy (non-hydrogen) atoms. The van der Waals surface area contributed by atoms with Crippen LogP contribution in [0.2, 0.25) is 0 Å². The Balaban J connectivity index is 0.00000158. The number of aromatic nitrogens is 1. The first-order chi connectivity index (χ1) is 15.9. The van der Waals surface area contributed by atoms with Crippen LogP contribution in [-0.4, -0.2) is 49.6 Å². The van der Waals surface area contributed by atoms with Crippen LogP contribution in [0.3, 0.4) is 0 Å². The molecule has 0 saturated heterocycles. The van der Waals surface area contributed by atoms with Crippen LogP contribution in [0.15, 0.2) is 30.5 Å². The van der Waals surface area contributed by atoms with Crippen molar-refractivity contribution in [3.05, 3.63) is 53.0 Å². The molecule has 1 aromatic heterocycles. The van der Waals surface area contributed by atoms with Crippen LogP contribution in [0, 0.1) is 18.2 Å². The fourth-order valence-corrected chi connectivity index (χ4v) is 2.80. The number of halogens is 1. The van der Waals surface area contributed by atoms with Crippen LogP contribution in [0.5, 0.6) is 0 Å². The summed E-state index contributed by atoms with van der Waals surface area (Å²) in [5.74, 6) is -1.12. The summed E-state index contributed by atoms with van der Waals surface area (Å²) in [6, 6.07) is 6.26. The molecule has 182 valence electrons. The van der Waals surface area contributed by atoms with Crippen LogP contribution in [0.25, 0.3) is 11.3 Å². The Morgan fingerprint density at radius 3 is 2.18 bits per heavy atom. The van der Waals surface area contributed by atoms with Crippen molar-refractivity contribution in [1.29, 1.82) is 5.41 Å². The van der Waals surface area contributed by atoms with Gasteiger partial charge in [-0.15, -0.1) is 0 Å². The van der Waals surface area contributed by atoms with E-state index in [1.807, 2.05) is 6.92 Å². The van der Waals surface area contributed by atoms with Crippen molar-refractivity contribution in [3.8, 4) is 11.3 Å². The number of nitrogens with one attached hydrogen (secondary N) is 2. The molecule has 8 nitrogen and oxygen atoms in total. The Bertz CT molecular complexity index is 912. The molecular weight excluding hydrogens is 423 g/mol. The Kier molecular flexibility index (Phi) is 14.3. The average molecular weight is 461 g/mol. The molecular formula is C24H37FN6O2. The van der Waals surface area contributed by atoms with Crippen LogP contribution in [0.4, 0.5) is 4.39 Å². The van der Waals surface area contributed by atoms with Crippen molar-refractivity contribution in [2.45, 2.75) is 45.6 Å². The van der Waals surface area contributed by atoms with Gasteiger partial charge in [-0.25, -0.2) is 4.39 Å². The van der Waals surface area contributed by atoms with E-state index in [9.17, 15) is 14.0 Å². The smallest absolute Gasteiger partial charge is 0.251 e. The largest absolute Gasteiger partial charge is 0.349 e. The van der Waals surface area contributed by atoms with Gasteiger partial charge >= 0.3 is 0 Å². The van der Waals surface area contributed by atoms with Gasteiger partial charge in [0.1, 0.15) is 5.82 Å². The standard InChI is InChI=1S/C21H22FN3O2.3CH5N/c1-3-4-18(23)20(26)13-5-8-19(24-11-13)16-9-14(10-17(22)12(16)2)21(27)25-15-6-7-15;3*1-2/h5,8-11,15,23H,3-4,6-7H2,1-2H3,(H,25,27);3*2H2,1H3. The fraction of sp³-hybridized carbons (Fsp3) is 0.417. The maximum atomic E-state index is 14.3. The third-order valence-electron chi connectivity index (χ3n) is 4.59. The molecule has 1 heterocycles. The number of carbonyl (C=O) groups excluding carboxylic acids is 2. The number of carbonyl (C=O) groups is 2. The van der Waals surface area contributed by atoms with Crippen molar-refractivity contribution in [2.75, 3.05) is 21.1 Å². The Labute approximate surface area is 195 Å². The van der Waals surface area contributed by atoms with Gasteiger partial charge in [0.15, 0.2) is 0 Å². The molecule has 0 bridgehead atoms. The highest BCUT2D eigenvalue weighted by Gasteiger charge is 2.24. The Morgan fingerprint density at radius 1 is 1.09 bits per heavy atom. The summed E-state index contributed by atoms with van der Waals surface area (Å²) in [4.78, 5) is 28.7. The molecule has 3 rings (SSSR count). The van der Waals surface area contributed by atoms with Crippen molar-refractivity contribution < 1.29 is 14.0 Å². The SMILES string of the molecule is CCCC(=N)C(=O)c1ccc(-c2cc(C(=O)NC3CC3)cc(F)c2C)nc1.CN.CN.CN. The van der Waals surface area contributed by atoms with Gasteiger partial charge in [0.25, 0.3) is 5.91 Å². The summed E-state index contributed by atoms with van der Waals surface area (Å²) in [5.41, 5.74) is 15.5. The molecule has 9 heteroatoms. The van der Waals surface area contributed by atoms with E-state index in [-0.39, 0.29) is 29.0 Å². The summed E-state index contributed by atoms with van der Waals surface area (Å²) in [5, 5.41) is 10.6. The number of nitrogens with zero attached hydrogens (tertiary/aromatic N) is 1. The minimum absolute atomic E-state index is 0.0491. The van der Waals surface area contributed by atoms with Gasteiger partial charge in [-0.05, 0) is 77.2 Å². The first kappa shape index (κ1) is 30.0. The molecule has 1 aliphatic rings. The van der Waals surface area contributed by atoms with Gasteiger partial charge in [-0.1, -0.05) is 13.3 Å². The summed E-state index contributed by atoms with van der Waals surface area (Å²) in [6.07, 6.45) is 4.46. The number of benzene rings is 1. The lowest BCUT2D eigenvalue weighted by Crippen LogP contribution is -2.25. The second-order valence-corrected chi connectivity index (χ2v) is 6.87. The quantitative estimate of drug-likeness (QED) is 0.315. The van der Waals surface area contributed by atoms with Gasteiger partial charge < -0.3 is 27.9 Å². The molecule has 1 fully saturated rings. The highest BCUT2D eigenvalue weighted by molar-refractivity contribution is 6.44. The van der Waals surface area contributed by atoms with E-state index in [0.717, 1.165) is 19.3 Å². The highest BCUT2D eigenvalue weighted by Crippen LogP contribution is 2.27. The van der Waals surface area contributed by atoms with Crippen LogP contribution >= 0.6 is 0 Å². The fourth-order valence-electron chi connectivity index (χ4n) is 2.80. The molecule has 1 amide bonds. The van der Waals surface area contributed by atoms with Crippen molar-refractivity contribution in [1.82, 2.24) is 10.3 Å². The number of amides is 1. The monoisotopic (exact) mass is 460 g/mol. The Hall–Kier alpha value is -3.01. The molecule has 8 N–H and O–H groups in total. The zero-order chi connectivity index (χ0) is 25.6. The lowest BCUT2D eigenvalue weighted by Gasteiger charge is -2.11. The van der Waals surface area contributed by atoms with E-state index in [4.69, 9.17) is 5.41 Å². The summed E-state index contributed by atoms with van der Waals surface area (Å²) in [6.45, 7) is 3.54. The third kappa shape index (κ3) is 8.80. The van der Waals surface area contributed by atoms with E-state index < -0.39 is 5.82 Å². The van der Waals surface area contributed by atoms with Gasteiger partial charge in [-0.3, -0.25) is 14.6 Å². The highest BCUT2D eigenvalue weighted by atomic mass is 19.1. The van der Waals surface area contributed by atoms with Crippen molar-refractivity contribution in [2.24, 2.45) is 17.2 Å². The second-order valence-electron chi connectivity index (χ2n) is 6.87. The Morgan fingerprint density at radius 2 is 1.70 bits per heavy atom. The number of Topliss-reactive ketones (excluding diaryl/α,β-unsaturated/α-hetero) is 1. The van der Waals surface area contributed by atoms with Gasteiger partial charge in [-0.2, -0.15) is 0 Å². The topological polar surface area (TPSA) is 161 Å². The minimum atomic E-state index is -0.472. The van der Waals surface area contributed by atoms with E-state index in [2.05, 4.69) is 27.5 Å². The number of nitrogens with two attached hydrogens (primary N) is 3. The molecule has 0 aliphatic heterocycles. The predicted molar refractivity (Wildman–Crippen MR) is 132 cm³/mol. The van der Waals surface area contributed by atoms with E-state index in [0.29, 0.717) is 28.8 Å². The summed E-state index contributed by atoms with van der Waals surface area (Å²) >= 11 is 0. The molecule has 1 aliphatic carbocycles. The molecule has 0 radical (unpaired) electrons. The first-order valence-corrected chi connectivity index (χ1v) is 10.8. The normalized spacial score (nSPS) is 11.4. The zero-order valence-electron chi connectivity index (χ0n) is 20.2. The average Bonchev–Trinajstić information content (AvgIpc) is 3.68. The van der Waals surface area contributed by atoms with E-state index in [1.54, 1.807) is 25.1 Å². The van der Waals surface area contributed by atoms with Gasteiger partial charge in [0.05, 0.1) is 11.4 Å². The number of pyridine rings is 1.